The summed E-state index contributed by atoms with van der Waals surface area (Å²) in [7, 11) is 20.6. The zero-order valence-corrected chi connectivity index (χ0v) is 45.1. The number of hydrogen-bond acceptors (Lipinski definition) is 20. The van der Waals surface area contributed by atoms with Crippen LogP contribution in [0.1, 0.15) is 22.4 Å². The van der Waals surface area contributed by atoms with Crippen molar-refractivity contribution in [1.29, 1.82) is 0 Å². The van der Waals surface area contributed by atoms with Gasteiger partial charge >= 0.3 is 98.7 Å². The maximum atomic E-state index is 4.45. The van der Waals surface area contributed by atoms with E-state index in [0.29, 0.717) is 23.5 Å². The second-order valence-electron chi connectivity index (χ2n) is 15.6. The van der Waals surface area contributed by atoms with Gasteiger partial charge in [-0.3, -0.25) is 4.68 Å². The number of nitrogens with one attached hydrogen (secondary N) is 7. The summed E-state index contributed by atoms with van der Waals surface area (Å²) in [4.78, 5) is 50.9. The van der Waals surface area contributed by atoms with Gasteiger partial charge in [0.25, 0.3) is 0 Å². The van der Waals surface area contributed by atoms with Gasteiger partial charge in [-0.25, -0.2) is 34.9 Å². The van der Waals surface area contributed by atoms with Gasteiger partial charge in [-0.15, -0.1) is 0 Å². The Morgan fingerprint density at radius 1 is 0.471 bits per heavy atom. The van der Waals surface area contributed by atoms with Gasteiger partial charge in [0.05, 0.1) is 22.8 Å². The predicted octanol–water partition coefficient (Wildman–Crippen LogP) is 5.29. The molecule has 366 valence electrons. The Labute approximate surface area is 415 Å². The van der Waals surface area contributed by atoms with Crippen LogP contribution in [-0.4, -0.2) is 133 Å². The molecule has 10 heterocycles. The number of anilines is 7. The van der Waals surface area contributed by atoms with Gasteiger partial charge in [-0.2, -0.15) is 20.1 Å². The molecule has 10 aromatic heterocycles. The summed E-state index contributed by atoms with van der Waals surface area (Å²) < 4.78 is 9.06. The molecule has 0 atom stereocenters. The molecule has 70 heavy (non-hydrogen) atoms. The van der Waals surface area contributed by atoms with Crippen LogP contribution in [0, 0.1) is 31.4 Å². The minimum atomic E-state index is 0.584. The van der Waals surface area contributed by atoms with Crippen molar-refractivity contribution in [3.63, 3.8) is 0 Å². The van der Waals surface area contributed by atoms with E-state index in [9.17, 15) is 0 Å². The van der Waals surface area contributed by atoms with Crippen LogP contribution in [0.3, 0.4) is 0 Å². The smallest absolute Gasteiger partial charge is 0.224 e. The van der Waals surface area contributed by atoms with Gasteiger partial charge in [0, 0.05) is 81.2 Å². The standard InChI is InChI=1S/C10H13N5.C10H12N4.C9H12N4.C8H12N6.C8H11N5.W/c1-6-4-7-5-13-10(12-3)15-9(7)14-8(6)11-2;1-7-4-8-5-12-10(11-2)13-9(8)14(3)6-7;1-6-4-13(3)9-7(6)8(10-2)11-5-12-9;1-9-6-5-7(14(3)4-11-5)13-8(10-2)12-6;1-5-6-7(9-2)10-4-11-8(6)13(3)12-5;/h4-5H,1-3H3,(H2,11,12,13,14,15);4-5H,1-3H3,(H,11,12,13);4-5H,1-3H3,(H,10,11,12);4H,1-3H3,(H2,9,10,12,13);4H,1-3H3,(H,9,10,11);. The Bertz CT molecular complexity index is 3400. The maximum absolute atomic E-state index is 4.45. The fraction of sp³-hybridized carbons (Fsp3) is 0.333. The number of rotatable bonds is 7. The molecule has 0 radical (unpaired) electrons. The third-order valence-corrected chi connectivity index (χ3v) is 12.9. The summed E-state index contributed by atoms with van der Waals surface area (Å²) >= 11 is 1.46. The Morgan fingerprint density at radius 2 is 1.04 bits per heavy atom. The van der Waals surface area contributed by atoms with Gasteiger partial charge in [0.2, 0.25) is 11.9 Å². The van der Waals surface area contributed by atoms with Gasteiger partial charge in [0.15, 0.2) is 28.3 Å². The molecule has 0 saturated carbocycles. The zero-order chi connectivity index (χ0) is 50.8. The van der Waals surface area contributed by atoms with E-state index in [1.54, 1.807) is 37.6 Å². The molecule has 7 N–H and O–H groups in total. The van der Waals surface area contributed by atoms with Gasteiger partial charge in [-0.05, 0) is 38.0 Å². The number of aromatic nitrogens is 17. The Kier molecular flexibility index (Phi) is 16.8. The van der Waals surface area contributed by atoms with Crippen molar-refractivity contribution >= 4 is 96.4 Å². The molecule has 0 spiro atoms. The van der Waals surface area contributed by atoms with E-state index in [1.807, 2.05) is 98.7 Å². The largest absolute Gasteiger partial charge is 0.373 e. The first-order valence-corrected chi connectivity index (χ1v) is 23.4. The zero-order valence-electron chi connectivity index (χ0n) is 42.1. The Morgan fingerprint density at radius 3 is 1.67 bits per heavy atom. The summed E-state index contributed by atoms with van der Waals surface area (Å²) in [5, 5.41) is 29.3. The van der Waals surface area contributed by atoms with Gasteiger partial charge in [0.1, 0.15) is 35.8 Å². The Hall–Kier alpha value is -8.01. The average molecular weight is 1120 g/mol. The molecule has 0 aliphatic carbocycles. The minimum Gasteiger partial charge on any atom is -0.373 e. The molecule has 0 unspecified atom stereocenters. The SMILES string of the molecule is CNc1nc(NC)c2ncn(C)c2n1.CNc1ncc2cc(C)[c](=[W])n(C)c2n1.CNc1ncc2cc(C)c(NC)nc2n1.CNc1ncnc2c1c(C)cn2C.CNc1ncnc2c1c(C)nn2C. The van der Waals surface area contributed by atoms with Crippen molar-refractivity contribution in [1.82, 2.24) is 83.3 Å². The van der Waals surface area contributed by atoms with E-state index >= 15 is 0 Å². The van der Waals surface area contributed by atoms with Crippen molar-refractivity contribution < 1.29 is 19.4 Å². The monoisotopic (exact) mass is 1120 g/mol. The molecule has 10 aromatic rings. The second-order valence-corrected chi connectivity index (χ2v) is 17.0. The van der Waals surface area contributed by atoms with Crippen molar-refractivity contribution in [2.45, 2.75) is 27.7 Å². The normalized spacial score (nSPS) is 10.6. The molecule has 24 nitrogen and oxygen atoms in total. The summed E-state index contributed by atoms with van der Waals surface area (Å²) in [6.45, 7) is 8.14. The van der Waals surface area contributed by atoms with Crippen LogP contribution in [0.15, 0.2) is 49.7 Å². The fourth-order valence-corrected chi connectivity index (χ4v) is 7.87. The first-order valence-electron chi connectivity index (χ1n) is 21.9. The van der Waals surface area contributed by atoms with E-state index in [0.717, 1.165) is 84.2 Å². The van der Waals surface area contributed by atoms with Crippen LogP contribution in [0.4, 0.5) is 41.1 Å². The average Bonchev–Trinajstić information content (AvgIpc) is 4.02. The Balaban J connectivity index is 0.000000144. The van der Waals surface area contributed by atoms with Crippen LogP contribution in [0.5, 0.6) is 0 Å². The van der Waals surface area contributed by atoms with E-state index in [-0.39, 0.29) is 0 Å². The number of nitrogens with zero attached hydrogens (tertiary/aromatic N) is 17. The molecule has 10 rings (SSSR count). The van der Waals surface area contributed by atoms with E-state index in [2.05, 4.69) is 133 Å². The van der Waals surface area contributed by atoms with E-state index in [1.165, 1.54) is 40.5 Å². The number of hydrogen-bond donors (Lipinski definition) is 7. The summed E-state index contributed by atoms with van der Waals surface area (Å²) in [5.41, 5.74) is 9.63. The molecule has 0 aliphatic rings. The van der Waals surface area contributed by atoms with Crippen LogP contribution < -0.4 is 37.2 Å². The summed E-state index contributed by atoms with van der Waals surface area (Å²) in [6.07, 6.45) is 10.5. The van der Waals surface area contributed by atoms with Crippen molar-refractivity contribution in [3.8, 4) is 0 Å². The third-order valence-electron chi connectivity index (χ3n) is 10.8. The molecule has 0 bridgehead atoms. The quantitative estimate of drug-likeness (QED) is 0.107. The first-order chi connectivity index (χ1) is 33.6. The van der Waals surface area contributed by atoms with Gasteiger partial charge < -0.3 is 41.0 Å². The van der Waals surface area contributed by atoms with E-state index in [4.69, 9.17) is 0 Å². The molecule has 0 fully saturated rings. The predicted molar refractivity (Wildman–Crippen MR) is 276 cm³/mol. The van der Waals surface area contributed by atoms with E-state index < -0.39 is 0 Å². The molecular formula is C45H60N24W. The molecule has 0 amide bonds. The van der Waals surface area contributed by atoms with Crippen LogP contribution in [-0.2, 0) is 47.5 Å². The molecule has 0 aromatic carbocycles. The first kappa shape index (κ1) is 51.4. The minimum absolute atomic E-state index is 0.584. The van der Waals surface area contributed by atoms with Crippen LogP contribution in [0.25, 0.3) is 55.3 Å². The number of pyridine rings is 2. The molecule has 25 heteroatoms. The maximum Gasteiger partial charge on any atom is 0.224 e. The summed E-state index contributed by atoms with van der Waals surface area (Å²) in [5.74, 6) is 5.14. The fourth-order valence-electron chi connectivity index (χ4n) is 7.34. The topological polar surface area (TPSA) is 272 Å². The van der Waals surface area contributed by atoms with Crippen LogP contribution >= 0.6 is 0 Å². The van der Waals surface area contributed by atoms with Crippen molar-refractivity contribution in [3.05, 3.63) is 75.8 Å². The number of fused-ring (bicyclic) bond motifs is 5. The third kappa shape index (κ3) is 11.1. The molecule has 0 saturated heterocycles. The molecule has 0 aliphatic heterocycles. The second kappa shape index (κ2) is 22.9. The van der Waals surface area contributed by atoms with Crippen LogP contribution in [0.2, 0.25) is 0 Å². The van der Waals surface area contributed by atoms with Gasteiger partial charge in [-0.1, -0.05) is 0 Å². The number of aryl methyl sites for hydroxylation is 8. The van der Waals surface area contributed by atoms with Crippen molar-refractivity contribution in [2.75, 3.05) is 86.6 Å². The number of imidazole rings is 1. The molecular weight excluding hydrogens is 1060 g/mol. The summed E-state index contributed by atoms with van der Waals surface area (Å²) in [6, 6.07) is 4.16. The van der Waals surface area contributed by atoms with Crippen molar-refractivity contribution in [2.24, 2.45) is 28.2 Å².